The number of benzene rings is 2. The minimum atomic E-state index is -0.363. The predicted octanol–water partition coefficient (Wildman–Crippen LogP) is 6.07. The van der Waals surface area contributed by atoms with Crippen LogP contribution in [0.1, 0.15) is 82.9 Å². The third-order valence-electron chi connectivity index (χ3n) is 10.4. The van der Waals surface area contributed by atoms with E-state index in [0.717, 1.165) is 77.4 Å². The number of pyridine rings is 2. The minimum absolute atomic E-state index is 0.175. The summed E-state index contributed by atoms with van der Waals surface area (Å²) in [6.07, 6.45) is 7.89. The van der Waals surface area contributed by atoms with E-state index < -0.39 is 0 Å². The van der Waals surface area contributed by atoms with Gasteiger partial charge in [-0.1, -0.05) is 55.5 Å². The van der Waals surface area contributed by atoms with Crippen LogP contribution in [-0.2, 0) is 37.2 Å². The second-order valence-corrected chi connectivity index (χ2v) is 14.1. The number of rotatable bonds is 13. The second-order valence-electron chi connectivity index (χ2n) is 14.1. The van der Waals surface area contributed by atoms with Crippen molar-refractivity contribution < 1.29 is 14.3 Å². The Labute approximate surface area is 311 Å². The Balaban J connectivity index is 1.01. The quantitative estimate of drug-likeness (QED) is 0.116. The summed E-state index contributed by atoms with van der Waals surface area (Å²) in [6, 6.07) is 22.3. The van der Waals surface area contributed by atoms with E-state index in [1.807, 2.05) is 23.0 Å². The van der Waals surface area contributed by atoms with Gasteiger partial charge in [0.1, 0.15) is 11.4 Å². The lowest BCUT2D eigenvalue weighted by Gasteiger charge is -2.26. The van der Waals surface area contributed by atoms with Crippen molar-refractivity contribution in [3.8, 4) is 11.1 Å². The van der Waals surface area contributed by atoms with Gasteiger partial charge in [0.2, 0.25) is 0 Å². The maximum atomic E-state index is 13.5. The lowest BCUT2D eigenvalue weighted by atomic mass is 9.90. The second kappa shape index (κ2) is 17.1. The van der Waals surface area contributed by atoms with Gasteiger partial charge < -0.3 is 26.0 Å². The number of fused-ring (bicyclic) bond motifs is 1. The summed E-state index contributed by atoms with van der Waals surface area (Å²) in [5, 5.41) is 18.8. The van der Waals surface area contributed by atoms with Gasteiger partial charge >= 0.3 is 0 Å². The van der Waals surface area contributed by atoms with Gasteiger partial charge in [0.15, 0.2) is 5.65 Å². The molecule has 2 aromatic carbocycles. The molecule has 0 bridgehead atoms. The Kier molecular flexibility index (Phi) is 11.7. The zero-order valence-electron chi connectivity index (χ0n) is 30.8. The van der Waals surface area contributed by atoms with Gasteiger partial charge in [-0.05, 0) is 105 Å². The van der Waals surface area contributed by atoms with Crippen LogP contribution in [0.2, 0.25) is 0 Å². The zero-order chi connectivity index (χ0) is 36.6. The maximum absolute atomic E-state index is 13.5. The smallest absolute Gasteiger partial charge is 0.270 e. The van der Waals surface area contributed by atoms with Crippen LogP contribution in [0.15, 0.2) is 72.9 Å². The number of anilines is 1. The van der Waals surface area contributed by atoms with Gasteiger partial charge in [-0.25, -0.2) is 14.6 Å². The molecule has 3 aromatic heterocycles. The van der Waals surface area contributed by atoms with E-state index in [1.165, 1.54) is 24.0 Å². The topological polar surface area (TPSA) is 135 Å². The molecule has 0 saturated carbocycles. The standard InChI is InChI=1S/C42H50N8O3/c1-3-36-34(39(47-33-16-20-53-21-17-33)35-27-46-50(4-2)40(35)49-36)26-45-42(52)38-13-7-12-37(48-38)41(51)44-25-30-9-6-11-32(24-30)31-10-5-8-29(23-31)22-28-14-18-43-19-15-28/h5-13,23-24,27-28,33,43H,3-4,14-22,25-26H2,1-2H3,(H,44,51)(H,45,52)(H,47,49). The van der Waals surface area contributed by atoms with Gasteiger partial charge in [0.25, 0.3) is 11.8 Å². The van der Waals surface area contributed by atoms with Crippen molar-refractivity contribution in [2.24, 2.45) is 5.92 Å². The van der Waals surface area contributed by atoms with Crippen LogP contribution in [-0.4, -0.2) is 63.9 Å². The van der Waals surface area contributed by atoms with Crippen LogP contribution >= 0.6 is 0 Å². The maximum Gasteiger partial charge on any atom is 0.270 e. The highest BCUT2D eigenvalue weighted by Crippen LogP contribution is 2.31. The van der Waals surface area contributed by atoms with Gasteiger partial charge in [0.05, 0.1) is 17.3 Å². The first-order valence-corrected chi connectivity index (χ1v) is 19.1. The van der Waals surface area contributed by atoms with E-state index in [2.05, 4.69) is 81.6 Å². The number of nitrogens with one attached hydrogen (secondary N) is 4. The summed E-state index contributed by atoms with van der Waals surface area (Å²) in [6.45, 7) is 9.04. The SMILES string of the molecule is CCc1nc2c(cnn2CC)c(NC2CCOCC2)c1CNC(=O)c1cccc(C(=O)NCc2cccc(-c3cccc(CC4CCNCC4)c3)c2)n1. The fraction of sp³-hybridized carbons (Fsp3) is 0.405. The van der Waals surface area contributed by atoms with E-state index in [1.54, 1.807) is 18.2 Å². The molecule has 0 radical (unpaired) electrons. The zero-order valence-corrected chi connectivity index (χ0v) is 30.8. The summed E-state index contributed by atoms with van der Waals surface area (Å²) >= 11 is 0. The Morgan fingerprint density at radius 1 is 0.830 bits per heavy atom. The van der Waals surface area contributed by atoms with Crippen molar-refractivity contribution in [3.63, 3.8) is 0 Å². The van der Waals surface area contributed by atoms with E-state index in [4.69, 9.17) is 9.72 Å². The Morgan fingerprint density at radius 3 is 2.19 bits per heavy atom. The van der Waals surface area contributed by atoms with Crippen molar-refractivity contribution in [3.05, 3.63) is 107 Å². The molecule has 7 rings (SSSR count). The monoisotopic (exact) mass is 714 g/mol. The van der Waals surface area contributed by atoms with Crippen LogP contribution in [0, 0.1) is 5.92 Å². The van der Waals surface area contributed by atoms with E-state index >= 15 is 0 Å². The third-order valence-corrected chi connectivity index (χ3v) is 10.4. The molecule has 5 heterocycles. The fourth-order valence-electron chi connectivity index (χ4n) is 7.48. The molecule has 4 N–H and O–H groups in total. The van der Waals surface area contributed by atoms with Crippen LogP contribution in [0.4, 0.5) is 5.69 Å². The summed E-state index contributed by atoms with van der Waals surface area (Å²) in [7, 11) is 0. The number of ether oxygens (including phenoxy) is 1. The molecule has 2 amide bonds. The van der Waals surface area contributed by atoms with Gasteiger partial charge in [-0.3, -0.25) is 9.59 Å². The lowest BCUT2D eigenvalue weighted by molar-refractivity contribution is 0.0904. The number of hydrogen-bond acceptors (Lipinski definition) is 8. The van der Waals surface area contributed by atoms with Crippen molar-refractivity contribution in [1.82, 2.24) is 35.7 Å². The highest BCUT2D eigenvalue weighted by atomic mass is 16.5. The molecule has 2 saturated heterocycles. The summed E-state index contributed by atoms with van der Waals surface area (Å²) in [5.41, 5.74) is 8.62. The largest absolute Gasteiger partial charge is 0.381 e. The van der Waals surface area contributed by atoms with Crippen molar-refractivity contribution in [1.29, 1.82) is 0 Å². The Bertz CT molecular complexity index is 2050. The van der Waals surface area contributed by atoms with E-state index in [9.17, 15) is 9.59 Å². The molecule has 11 heteroatoms. The molecule has 276 valence electrons. The number of carbonyl (C=O) groups excluding carboxylic acids is 2. The highest BCUT2D eigenvalue weighted by Gasteiger charge is 2.23. The van der Waals surface area contributed by atoms with Gasteiger partial charge in [-0.15, -0.1) is 0 Å². The summed E-state index contributed by atoms with van der Waals surface area (Å²) < 4.78 is 7.50. The van der Waals surface area contributed by atoms with Crippen molar-refractivity contribution >= 4 is 28.5 Å². The number of aryl methyl sites for hydroxylation is 2. The van der Waals surface area contributed by atoms with Gasteiger partial charge in [0, 0.05) is 50.1 Å². The first kappa shape index (κ1) is 36.2. The Morgan fingerprint density at radius 2 is 1.49 bits per heavy atom. The van der Waals surface area contributed by atoms with Crippen LogP contribution < -0.4 is 21.3 Å². The molecule has 11 nitrogen and oxygen atoms in total. The third kappa shape index (κ3) is 8.75. The molecule has 2 aliphatic heterocycles. The molecule has 0 spiro atoms. The molecule has 0 aliphatic carbocycles. The van der Waals surface area contributed by atoms with Crippen LogP contribution in [0.5, 0.6) is 0 Å². The molecule has 0 unspecified atom stereocenters. The molecule has 5 aromatic rings. The highest BCUT2D eigenvalue weighted by molar-refractivity contribution is 5.97. The number of amides is 2. The lowest BCUT2D eigenvalue weighted by Crippen LogP contribution is -2.30. The molecular formula is C42H50N8O3. The normalized spacial score (nSPS) is 15.4. The van der Waals surface area contributed by atoms with E-state index in [0.29, 0.717) is 32.7 Å². The minimum Gasteiger partial charge on any atom is -0.381 e. The van der Waals surface area contributed by atoms with Crippen molar-refractivity contribution in [2.45, 2.75) is 78.0 Å². The molecule has 53 heavy (non-hydrogen) atoms. The molecule has 0 atom stereocenters. The number of carbonyl (C=O) groups is 2. The number of nitrogens with zero attached hydrogens (tertiary/aromatic N) is 4. The Hall–Kier alpha value is -5.13. The molecular weight excluding hydrogens is 665 g/mol. The van der Waals surface area contributed by atoms with Crippen LogP contribution in [0.3, 0.4) is 0 Å². The average molecular weight is 715 g/mol. The number of aromatic nitrogens is 4. The number of piperidine rings is 1. The fourth-order valence-corrected chi connectivity index (χ4v) is 7.48. The molecule has 2 aliphatic rings. The van der Waals surface area contributed by atoms with E-state index in [-0.39, 0.29) is 35.8 Å². The van der Waals surface area contributed by atoms with Crippen molar-refractivity contribution in [2.75, 3.05) is 31.6 Å². The average Bonchev–Trinajstić information content (AvgIpc) is 3.63. The first-order chi connectivity index (χ1) is 26.0. The summed E-state index contributed by atoms with van der Waals surface area (Å²) in [5.74, 6) is 0.0212. The summed E-state index contributed by atoms with van der Waals surface area (Å²) in [4.78, 5) is 36.2. The predicted molar refractivity (Wildman–Crippen MR) is 208 cm³/mol. The van der Waals surface area contributed by atoms with Gasteiger partial charge in [-0.2, -0.15) is 5.10 Å². The van der Waals surface area contributed by atoms with Crippen LogP contribution in [0.25, 0.3) is 22.2 Å². The first-order valence-electron chi connectivity index (χ1n) is 19.1. The number of hydrogen-bond donors (Lipinski definition) is 4. The molecule has 2 fully saturated rings.